The molecule has 5 heteroatoms. The number of hydrogen-bond donors (Lipinski definition) is 2. The van der Waals surface area contributed by atoms with Crippen molar-refractivity contribution in [3.63, 3.8) is 0 Å². The van der Waals surface area contributed by atoms with Gasteiger partial charge in [0.05, 0.1) is 21.0 Å². The van der Waals surface area contributed by atoms with E-state index in [1.54, 1.807) is 0 Å². The lowest BCUT2D eigenvalue weighted by Crippen LogP contribution is -2.02. The molecule has 0 aliphatic heterocycles. The van der Waals surface area contributed by atoms with Crippen molar-refractivity contribution in [3.05, 3.63) is 28.1 Å². The summed E-state index contributed by atoms with van der Waals surface area (Å²) in [6.45, 7) is 0. The summed E-state index contributed by atoms with van der Waals surface area (Å²) in [5.41, 5.74) is 6.05. The number of thiophene rings is 1. The maximum absolute atomic E-state index is 10.8. The Balaban J connectivity index is 2.88. The first-order chi connectivity index (χ1) is 6.61. The average Bonchev–Trinajstić information content (AvgIpc) is 2.59. The predicted molar refractivity (Wildman–Crippen MR) is 58.2 cm³/mol. The fraction of sp³-hybridized carbons (Fsp3) is 0. The minimum atomic E-state index is -1.06. The van der Waals surface area contributed by atoms with Crippen LogP contribution < -0.4 is 5.73 Å². The van der Waals surface area contributed by atoms with Crippen molar-refractivity contribution in [3.8, 4) is 0 Å². The highest BCUT2D eigenvalue weighted by Crippen LogP contribution is 2.35. The number of hydrogen-bond acceptors (Lipinski definition) is 3. The second-order valence-corrected chi connectivity index (χ2v) is 4.11. The molecule has 72 valence electrons. The Hall–Kier alpha value is -1.26. The molecule has 0 aliphatic carbocycles. The van der Waals surface area contributed by atoms with Gasteiger partial charge in [0.15, 0.2) is 0 Å². The van der Waals surface area contributed by atoms with Crippen LogP contribution in [0.4, 0.5) is 5.69 Å². The van der Waals surface area contributed by atoms with Gasteiger partial charge in [-0.05, 0) is 17.5 Å². The van der Waals surface area contributed by atoms with E-state index >= 15 is 0 Å². The fourth-order valence-corrected chi connectivity index (χ4v) is 2.49. The van der Waals surface area contributed by atoms with E-state index in [-0.39, 0.29) is 11.3 Å². The first-order valence-corrected chi connectivity index (χ1v) is 5.05. The van der Waals surface area contributed by atoms with Crippen molar-refractivity contribution in [2.75, 3.05) is 5.73 Å². The number of anilines is 1. The van der Waals surface area contributed by atoms with E-state index in [4.69, 9.17) is 22.4 Å². The number of carboxylic acid groups (broad SMARTS) is 1. The number of aromatic carboxylic acids is 1. The molecule has 2 rings (SSSR count). The Kier molecular flexibility index (Phi) is 2.09. The third-order valence-corrected chi connectivity index (χ3v) is 3.22. The number of carboxylic acids is 1. The molecule has 0 aliphatic rings. The van der Waals surface area contributed by atoms with Gasteiger partial charge in [-0.15, -0.1) is 11.3 Å². The first-order valence-electron chi connectivity index (χ1n) is 3.79. The largest absolute Gasteiger partial charge is 0.478 e. The molecule has 0 spiro atoms. The van der Waals surface area contributed by atoms with Gasteiger partial charge in [-0.3, -0.25) is 0 Å². The molecule has 0 bridgehead atoms. The summed E-state index contributed by atoms with van der Waals surface area (Å²) in [6.07, 6.45) is 0. The van der Waals surface area contributed by atoms with Crippen LogP contribution in [-0.2, 0) is 0 Å². The maximum Gasteiger partial charge on any atom is 0.337 e. The van der Waals surface area contributed by atoms with Gasteiger partial charge in [-0.2, -0.15) is 0 Å². The van der Waals surface area contributed by atoms with Crippen LogP contribution in [0.25, 0.3) is 10.1 Å². The van der Waals surface area contributed by atoms with Crippen LogP contribution in [0.15, 0.2) is 17.5 Å². The van der Waals surface area contributed by atoms with E-state index < -0.39 is 5.97 Å². The highest BCUT2D eigenvalue weighted by Gasteiger charge is 2.14. The summed E-state index contributed by atoms with van der Waals surface area (Å²) in [4.78, 5) is 10.8. The molecule has 1 aromatic carbocycles. The van der Waals surface area contributed by atoms with Gasteiger partial charge < -0.3 is 10.8 Å². The van der Waals surface area contributed by atoms with Gasteiger partial charge in [0.2, 0.25) is 0 Å². The van der Waals surface area contributed by atoms with Crippen molar-refractivity contribution in [2.45, 2.75) is 0 Å². The molecule has 0 saturated carbocycles. The first kappa shape index (κ1) is 9.30. The number of nitrogens with two attached hydrogens (primary N) is 1. The fourth-order valence-electron chi connectivity index (χ4n) is 1.29. The van der Waals surface area contributed by atoms with Gasteiger partial charge >= 0.3 is 5.97 Å². The van der Waals surface area contributed by atoms with E-state index in [1.165, 1.54) is 17.4 Å². The zero-order valence-electron chi connectivity index (χ0n) is 6.95. The van der Waals surface area contributed by atoms with Crippen molar-refractivity contribution in [1.29, 1.82) is 0 Å². The summed E-state index contributed by atoms with van der Waals surface area (Å²) >= 11 is 7.29. The Labute approximate surface area is 88.7 Å². The second kappa shape index (κ2) is 3.15. The second-order valence-electron chi connectivity index (χ2n) is 2.79. The lowest BCUT2D eigenvalue weighted by Gasteiger charge is -2.03. The standard InChI is InChI=1S/C9H6ClNO2S/c10-6-3-5(9(12)13)7(11)8-4(6)1-2-14-8/h1-3H,11H2,(H,12,13). The van der Waals surface area contributed by atoms with E-state index in [2.05, 4.69) is 0 Å². The van der Waals surface area contributed by atoms with Crippen molar-refractivity contribution in [1.82, 2.24) is 0 Å². The molecule has 0 radical (unpaired) electrons. The lowest BCUT2D eigenvalue weighted by atomic mass is 10.1. The molecular weight excluding hydrogens is 222 g/mol. The van der Waals surface area contributed by atoms with Gasteiger partial charge in [-0.1, -0.05) is 11.6 Å². The summed E-state index contributed by atoms with van der Waals surface area (Å²) in [6, 6.07) is 3.21. The number of halogens is 1. The molecule has 0 atom stereocenters. The Morgan fingerprint density at radius 3 is 2.93 bits per heavy atom. The van der Waals surface area contributed by atoms with Crippen LogP contribution in [0.5, 0.6) is 0 Å². The molecule has 14 heavy (non-hydrogen) atoms. The Morgan fingerprint density at radius 2 is 2.29 bits per heavy atom. The van der Waals surface area contributed by atoms with E-state index in [0.717, 1.165) is 10.1 Å². The number of nitrogen functional groups attached to an aromatic ring is 1. The SMILES string of the molecule is Nc1c(C(=O)O)cc(Cl)c2ccsc12. The van der Waals surface area contributed by atoms with Gasteiger partial charge in [0, 0.05) is 5.39 Å². The molecule has 1 aromatic heterocycles. The molecule has 2 aromatic rings. The molecule has 0 amide bonds. The number of carbonyl (C=O) groups is 1. The molecule has 3 N–H and O–H groups in total. The lowest BCUT2D eigenvalue weighted by molar-refractivity contribution is 0.0698. The Bertz CT molecular complexity index is 521. The average molecular weight is 228 g/mol. The highest BCUT2D eigenvalue weighted by atomic mass is 35.5. The molecule has 1 heterocycles. The molecular formula is C9H6ClNO2S. The highest BCUT2D eigenvalue weighted by molar-refractivity contribution is 7.18. The van der Waals surface area contributed by atoms with E-state index in [1.807, 2.05) is 11.4 Å². The normalized spacial score (nSPS) is 10.6. The van der Waals surface area contributed by atoms with Gasteiger partial charge in [-0.25, -0.2) is 4.79 Å². The van der Waals surface area contributed by atoms with Gasteiger partial charge in [0.1, 0.15) is 0 Å². The van der Waals surface area contributed by atoms with Crippen molar-refractivity contribution >= 4 is 44.7 Å². The van der Waals surface area contributed by atoms with Gasteiger partial charge in [0.25, 0.3) is 0 Å². The van der Waals surface area contributed by atoms with Crippen LogP contribution in [0.2, 0.25) is 5.02 Å². The quantitative estimate of drug-likeness (QED) is 0.737. The third-order valence-electron chi connectivity index (χ3n) is 1.96. The minimum Gasteiger partial charge on any atom is -0.478 e. The molecule has 0 saturated heterocycles. The monoisotopic (exact) mass is 227 g/mol. The van der Waals surface area contributed by atoms with Crippen LogP contribution in [0.1, 0.15) is 10.4 Å². The van der Waals surface area contributed by atoms with E-state index in [0.29, 0.717) is 5.02 Å². The predicted octanol–water partition coefficient (Wildman–Crippen LogP) is 2.84. The molecule has 0 unspecified atom stereocenters. The topological polar surface area (TPSA) is 63.3 Å². The number of rotatable bonds is 1. The summed E-state index contributed by atoms with van der Waals surface area (Å²) in [7, 11) is 0. The minimum absolute atomic E-state index is 0.0601. The summed E-state index contributed by atoms with van der Waals surface area (Å²) < 4.78 is 0.731. The smallest absolute Gasteiger partial charge is 0.337 e. The maximum atomic E-state index is 10.8. The molecule has 0 fully saturated rings. The van der Waals surface area contributed by atoms with Crippen LogP contribution in [-0.4, -0.2) is 11.1 Å². The Morgan fingerprint density at radius 1 is 1.57 bits per heavy atom. The van der Waals surface area contributed by atoms with Crippen LogP contribution in [0, 0.1) is 0 Å². The third kappa shape index (κ3) is 1.23. The van der Waals surface area contributed by atoms with E-state index in [9.17, 15) is 4.79 Å². The summed E-state index contributed by atoms with van der Waals surface area (Å²) in [5, 5.41) is 11.9. The zero-order chi connectivity index (χ0) is 10.3. The van der Waals surface area contributed by atoms with Crippen molar-refractivity contribution in [2.24, 2.45) is 0 Å². The summed E-state index contributed by atoms with van der Waals surface area (Å²) in [5.74, 6) is -1.06. The number of fused-ring (bicyclic) bond motifs is 1. The molecule has 3 nitrogen and oxygen atoms in total. The zero-order valence-corrected chi connectivity index (χ0v) is 8.52. The van der Waals surface area contributed by atoms with Crippen molar-refractivity contribution < 1.29 is 9.90 Å². The van der Waals surface area contributed by atoms with Crippen LogP contribution in [0.3, 0.4) is 0 Å². The number of benzene rings is 1. The van der Waals surface area contributed by atoms with Crippen LogP contribution >= 0.6 is 22.9 Å².